The summed E-state index contributed by atoms with van der Waals surface area (Å²) in [6, 6.07) is 16.3. The van der Waals surface area contributed by atoms with E-state index in [1.54, 1.807) is 7.11 Å². The molecule has 2 aromatic carbocycles. The molecular weight excluding hydrogens is 290 g/mol. The topological polar surface area (TPSA) is 39.7 Å². The van der Waals surface area contributed by atoms with E-state index in [1.165, 1.54) is 5.56 Å². The monoisotopic (exact) mass is 311 g/mol. The standard InChI is InChI=1S/C19H21NO3/c1-21-18-10-5-3-8-15(18)20-16-13-19(11-6-12-22-19)23-17-9-4-2-7-14(16)17/h2-5,7-10,16,20H,6,11-13H2,1H3/t16-,19-/m1/s1. The van der Waals surface area contributed by atoms with Gasteiger partial charge in [-0.05, 0) is 24.6 Å². The van der Waals surface area contributed by atoms with Crippen LogP contribution >= 0.6 is 0 Å². The van der Waals surface area contributed by atoms with Crippen molar-refractivity contribution in [3.63, 3.8) is 0 Å². The Bertz CT molecular complexity index is 695. The summed E-state index contributed by atoms with van der Waals surface area (Å²) in [7, 11) is 1.69. The van der Waals surface area contributed by atoms with Gasteiger partial charge in [-0.15, -0.1) is 0 Å². The molecule has 2 atom stereocenters. The van der Waals surface area contributed by atoms with Crippen LogP contribution in [0.2, 0.25) is 0 Å². The number of methoxy groups -OCH3 is 1. The maximum atomic E-state index is 6.21. The lowest BCUT2D eigenvalue weighted by molar-refractivity contribution is -0.164. The van der Waals surface area contributed by atoms with Crippen molar-refractivity contribution in [2.75, 3.05) is 19.0 Å². The van der Waals surface area contributed by atoms with Gasteiger partial charge in [-0.1, -0.05) is 30.3 Å². The van der Waals surface area contributed by atoms with Gasteiger partial charge in [-0.3, -0.25) is 0 Å². The maximum Gasteiger partial charge on any atom is 0.212 e. The van der Waals surface area contributed by atoms with Crippen molar-refractivity contribution in [3.8, 4) is 11.5 Å². The van der Waals surface area contributed by atoms with E-state index in [4.69, 9.17) is 14.2 Å². The highest BCUT2D eigenvalue weighted by molar-refractivity contribution is 5.58. The molecule has 120 valence electrons. The van der Waals surface area contributed by atoms with Gasteiger partial charge in [-0.25, -0.2) is 0 Å². The van der Waals surface area contributed by atoms with Gasteiger partial charge in [0, 0.05) is 18.4 Å². The summed E-state index contributed by atoms with van der Waals surface area (Å²) in [5, 5.41) is 3.62. The van der Waals surface area contributed by atoms with Gasteiger partial charge in [0.1, 0.15) is 11.5 Å². The highest BCUT2D eigenvalue weighted by atomic mass is 16.7. The van der Waals surface area contributed by atoms with E-state index < -0.39 is 5.79 Å². The van der Waals surface area contributed by atoms with Gasteiger partial charge >= 0.3 is 0 Å². The molecule has 0 unspecified atom stereocenters. The van der Waals surface area contributed by atoms with Crippen molar-refractivity contribution in [2.45, 2.75) is 31.1 Å². The van der Waals surface area contributed by atoms with Crippen LogP contribution < -0.4 is 14.8 Å². The predicted octanol–water partition coefficient (Wildman–Crippen LogP) is 4.14. The number of para-hydroxylation sites is 3. The molecule has 1 spiro atoms. The second-order valence-corrected chi connectivity index (χ2v) is 6.10. The molecule has 0 aliphatic carbocycles. The Labute approximate surface area is 136 Å². The number of benzene rings is 2. The van der Waals surface area contributed by atoms with Crippen LogP contribution in [0, 0.1) is 0 Å². The molecule has 0 aromatic heterocycles. The van der Waals surface area contributed by atoms with Crippen molar-refractivity contribution in [3.05, 3.63) is 54.1 Å². The molecule has 4 rings (SSSR count). The lowest BCUT2D eigenvalue weighted by atomic mass is 9.92. The third kappa shape index (κ3) is 2.63. The Morgan fingerprint density at radius 1 is 1.13 bits per heavy atom. The smallest absolute Gasteiger partial charge is 0.212 e. The third-order valence-corrected chi connectivity index (χ3v) is 4.61. The number of anilines is 1. The lowest BCUT2D eigenvalue weighted by Gasteiger charge is -2.39. The minimum Gasteiger partial charge on any atom is -0.495 e. The van der Waals surface area contributed by atoms with Crippen LogP contribution in [0.25, 0.3) is 0 Å². The first-order valence-electron chi connectivity index (χ1n) is 8.11. The Morgan fingerprint density at radius 3 is 2.78 bits per heavy atom. The molecule has 0 bridgehead atoms. The first-order valence-corrected chi connectivity index (χ1v) is 8.11. The van der Waals surface area contributed by atoms with Crippen LogP contribution in [-0.2, 0) is 4.74 Å². The Morgan fingerprint density at radius 2 is 1.96 bits per heavy atom. The zero-order valence-electron chi connectivity index (χ0n) is 13.2. The average Bonchev–Trinajstić information content (AvgIpc) is 3.03. The predicted molar refractivity (Wildman–Crippen MR) is 89.0 cm³/mol. The minimum absolute atomic E-state index is 0.134. The van der Waals surface area contributed by atoms with Crippen molar-refractivity contribution in [2.24, 2.45) is 0 Å². The van der Waals surface area contributed by atoms with E-state index in [-0.39, 0.29) is 6.04 Å². The number of hydrogen-bond acceptors (Lipinski definition) is 4. The molecule has 1 fully saturated rings. The highest BCUT2D eigenvalue weighted by Crippen LogP contribution is 2.46. The van der Waals surface area contributed by atoms with E-state index in [0.717, 1.165) is 43.1 Å². The quantitative estimate of drug-likeness (QED) is 0.925. The molecule has 4 nitrogen and oxygen atoms in total. The molecular formula is C19H21NO3. The van der Waals surface area contributed by atoms with E-state index in [9.17, 15) is 0 Å². The summed E-state index contributed by atoms with van der Waals surface area (Å²) in [5.74, 6) is 1.26. The fourth-order valence-electron chi connectivity index (χ4n) is 3.52. The molecule has 2 aromatic rings. The van der Waals surface area contributed by atoms with Crippen molar-refractivity contribution < 1.29 is 14.2 Å². The number of rotatable bonds is 3. The summed E-state index contributed by atoms with van der Waals surface area (Å²) in [6.45, 7) is 0.767. The first-order chi connectivity index (χ1) is 11.3. The van der Waals surface area contributed by atoms with Crippen LogP contribution in [-0.4, -0.2) is 19.5 Å². The molecule has 1 saturated heterocycles. The van der Waals surface area contributed by atoms with Gasteiger partial charge in [0.15, 0.2) is 0 Å². The lowest BCUT2D eigenvalue weighted by Crippen LogP contribution is -2.42. The minimum atomic E-state index is -0.492. The third-order valence-electron chi connectivity index (χ3n) is 4.61. The van der Waals surface area contributed by atoms with Gasteiger partial charge in [0.05, 0.1) is 25.4 Å². The molecule has 0 saturated carbocycles. The molecule has 23 heavy (non-hydrogen) atoms. The fourth-order valence-corrected chi connectivity index (χ4v) is 3.52. The zero-order valence-corrected chi connectivity index (χ0v) is 13.2. The van der Waals surface area contributed by atoms with Crippen LogP contribution in [0.3, 0.4) is 0 Å². The van der Waals surface area contributed by atoms with Crippen LogP contribution in [0.15, 0.2) is 48.5 Å². The maximum absolute atomic E-state index is 6.21. The van der Waals surface area contributed by atoms with Gasteiger partial charge in [0.2, 0.25) is 5.79 Å². The highest BCUT2D eigenvalue weighted by Gasteiger charge is 2.44. The van der Waals surface area contributed by atoms with E-state index in [1.807, 2.05) is 42.5 Å². The van der Waals surface area contributed by atoms with E-state index in [2.05, 4.69) is 11.4 Å². The SMILES string of the molecule is COc1ccccc1N[C@@H]1C[C@@]2(CCCO2)Oc2ccccc21. The largest absolute Gasteiger partial charge is 0.495 e. The molecule has 2 heterocycles. The summed E-state index contributed by atoms with van der Waals surface area (Å²) in [5.41, 5.74) is 2.16. The Hall–Kier alpha value is -2.20. The van der Waals surface area contributed by atoms with Crippen LogP contribution in [0.5, 0.6) is 11.5 Å². The molecule has 2 aliphatic heterocycles. The Kier molecular flexibility index (Phi) is 3.62. The normalized spacial score (nSPS) is 25.7. The summed E-state index contributed by atoms with van der Waals surface area (Å²) >= 11 is 0. The summed E-state index contributed by atoms with van der Waals surface area (Å²) in [4.78, 5) is 0. The summed E-state index contributed by atoms with van der Waals surface area (Å²) < 4.78 is 17.6. The summed E-state index contributed by atoms with van der Waals surface area (Å²) in [6.07, 6.45) is 2.77. The van der Waals surface area contributed by atoms with Gasteiger partial charge in [0.25, 0.3) is 0 Å². The number of ether oxygens (including phenoxy) is 3. The van der Waals surface area contributed by atoms with Gasteiger partial charge < -0.3 is 19.5 Å². The van der Waals surface area contributed by atoms with Gasteiger partial charge in [-0.2, -0.15) is 0 Å². The fraction of sp³-hybridized carbons (Fsp3) is 0.368. The molecule has 4 heteroatoms. The van der Waals surface area contributed by atoms with Crippen molar-refractivity contribution in [1.82, 2.24) is 0 Å². The molecule has 1 N–H and O–H groups in total. The molecule has 2 aliphatic rings. The van der Waals surface area contributed by atoms with Crippen LogP contribution in [0.4, 0.5) is 5.69 Å². The van der Waals surface area contributed by atoms with Crippen molar-refractivity contribution >= 4 is 5.69 Å². The second kappa shape index (κ2) is 5.78. The van der Waals surface area contributed by atoms with E-state index in [0.29, 0.717) is 0 Å². The zero-order chi connectivity index (χ0) is 15.7. The first kappa shape index (κ1) is 14.4. The van der Waals surface area contributed by atoms with E-state index >= 15 is 0 Å². The second-order valence-electron chi connectivity index (χ2n) is 6.10. The van der Waals surface area contributed by atoms with Crippen molar-refractivity contribution in [1.29, 1.82) is 0 Å². The number of fused-ring (bicyclic) bond motifs is 1. The molecule has 0 radical (unpaired) electrons. The number of nitrogens with one attached hydrogen (secondary N) is 1. The number of hydrogen-bond donors (Lipinski definition) is 1. The molecule has 0 amide bonds. The van der Waals surface area contributed by atoms with Crippen LogP contribution in [0.1, 0.15) is 30.9 Å². The Balaban J connectivity index is 1.69. The average molecular weight is 311 g/mol.